The minimum absolute atomic E-state index is 0.268. The summed E-state index contributed by atoms with van der Waals surface area (Å²) in [7, 11) is 0. The summed E-state index contributed by atoms with van der Waals surface area (Å²) in [6.07, 6.45) is 0. The smallest absolute Gasteiger partial charge is 0.318 e. The fourth-order valence-corrected chi connectivity index (χ4v) is 4.06. The third-order valence-corrected chi connectivity index (χ3v) is 5.27. The first-order valence-electron chi connectivity index (χ1n) is 7.29. The predicted molar refractivity (Wildman–Crippen MR) is 98.7 cm³/mol. The zero-order valence-electron chi connectivity index (χ0n) is 13.1. The Bertz CT molecular complexity index is 998. The normalized spacial score (nSPS) is 12.0. The van der Waals surface area contributed by atoms with E-state index >= 15 is 0 Å². The van der Waals surface area contributed by atoms with Crippen LogP contribution >= 0.6 is 23.1 Å². The Balaban J connectivity index is 1.92. The Morgan fingerprint density at radius 1 is 1.32 bits per heavy atom. The quantitative estimate of drug-likeness (QED) is 0.478. The van der Waals surface area contributed by atoms with Crippen LogP contribution in [0.2, 0.25) is 0 Å². The van der Waals surface area contributed by atoms with Crippen LogP contribution in [0.25, 0.3) is 21.3 Å². The van der Waals surface area contributed by atoms with E-state index in [-0.39, 0.29) is 5.56 Å². The molecule has 0 unspecified atom stereocenters. The second-order valence-corrected chi connectivity index (χ2v) is 7.37. The van der Waals surface area contributed by atoms with E-state index in [1.54, 1.807) is 6.92 Å². The first kappa shape index (κ1) is 17.2. The number of amides is 3. The highest BCUT2D eigenvalue weighted by Crippen LogP contribution is 2.31. The van der Waals surface area contributed by atoms with Crippen LogP contribution in [0.4, 0.5) is 4.79 Å². The third-order valence-electron chi connectivity index (χ3n) is 3.41. The number of nitrogens with one attached hydrogen (secondary N) is 2. The number of nitrogens with zero attached hydrogens (tertiary/aromatic N) is 1. The van der Waals surface area contributed by atoms with E-state index in [2.05, 4.69) is 9.97 Å². The second kappa shape index (κ2) is 7.08. The molecule has 0 saturated carbocycles. The summed E-state index contributed by atoms with van der Waals surface area (Å²) in [4.78, 5) is 42.7. The van der Waals surface area contributed by atoms with Crippen LogP contribution in [0.5, 0.6) is 0 Å². The summed E-state index contributed by atoms with van der Waals surface area (Å²) in [5.41, 5.74) is 6.43. The monoisotopic (exact) mass is 374 g/mol. The van der Waals surface area contributed by atoms with Crippen molar-refractivity contribution in [1.29, 1.82) is 0 Å². The van der Waals surface area contributed by atoms with Crippen molar-refractivity contribution in [3.8, 4) is 11.1 Å². The highest BCUT2D eigenvalue weighted by atomic mass is 32.2. The topological polar surface area (TPSA) is 118 Å². The summed E-state index contributed by atoms with van der Waals surface area (Å²) in [5.74, 6) is -0.545. The third kappa shape index (κ3) is 3.72. The van der Waals surface area contributed by atoms with E-state index in [9.17, 15) is 14.4 Å². The average molecular weight is 374 g/mol. The van der Waals surface area contributed by atoms with Gasteiger partial charge in [-0.1, -0.05) is 42.1 Å². The van der Waals surface area contributed by atoms with Gasteiger partial charge in [0.25, 0.3) is 5.56 Å². The van der Waals surface area contributed by atoms with Gasteiger partial charge in [-0.15, -0.1) is 11.3 Å². The van der Waals surface area contributed by atoms with E-state index in [1.807, 2.05) is 41.0 Å². The van der Waals surface area contributed by atoms with Crippen molar-refractivity contribution in [3.05, 3.63) is 46.1 Å². The van der Waals surface area contributed by atoms with Crippen molar-refractivity contribution in [2.45, 2.75) is 17.3 Å². The number of primary amides is 1. The van der Waals surface area contributed by atoms with E-state index in [1.165, 1.54) is 11.3 Å². The second-order valence-electron chi connectivity index (χ2n) is 5.18. The molecule has 2 aromatic heterocycles. The molecule has 128 valence electrons. The van der Waals surface area contributed by atoms with Gasteiger partial charge in [-0.3, -0.25) is 14.9 Å². The van der Waals surface area contributed by atoms with E-state index < -0.39 is 17.2 Å². The molecule has 0 aliphatic heterocycles. The Labute approximate surface area is 150 Å². The molecule has 3 rings (SSSR count). The van der Waals surface area contributed by atoms with Gasteiger partial charge in [0.2, 0.25) is 5.91 Å². The Hall–Kier alpha value is -2.65. The first-order chi connectivity index (χ1) is 12.0. The number of nitrogens with two attached hydrogens (primary N) is 1. The number of aromatic amines is 1. The van der Waals surface area contributed by atoms with Crippen molar-refractivity contribution in [3.63, 3.8) is 0 Å². The number of urea groups is 1. The van der Waals surface area contributed by atoms with Gasteiger partial charge in [0.15, 0.2) is 5.16 Å². The van der Waals surface area contributed by atoms with Crippen LogP contribution in [-0.4, -0.2) is 27.2 Å². The molecule has 1 aromatic carbocycles. The zero-order chi connectivity index (χ0) is 18.0. The maximum Gasteiger partial charge on any atom is 0.318 e. The molecule has 2 heterocycles. The summed E-state index contributed by atoms with van der Waals surface area (Å²) in [5, 5.41) is 4.09. The predicted octanol–water partition coefficient (Wildman–Crippen LogP) is 2.33. The fraction of sp³-hybridized carbons (Fsp3) is 0.125. The Morgan fingerprint density at radius 2 is 2.04 bits per heavy atom. The molecular formula is C16H14N4O3S2. The number of carbonyl (C=O) groups is 2. The van der Waals surface area contributed by atoms with Gasteiger partial charge in [0.05, 0.1) is 10.6 Å². The van der Waals surface area contributed by atoms with Crippen LogP contribution in [0.3, 0.4) is 0 Å². The molecule has 0 radical (unpaired) electrons. The summed E-state index contributed by atoms with van der Waals surface area (Å²) < 4.78 is 0. The van der Waals surface area contributed by atoms with Crippen molar-refractivity contribution in [2.75, 3.05) is 0 Å². The lowest BCUT2D eigenvalue weighted by atomic mass is 10.1. The Kier molecular flexibility index (Phi) is 4.86. The largest absolute Gasteiger partial charge is 0.351 e. The molecule has 9 heteroatoms. The molecule has 1 atom stereocenters. The number of H-pyrrole nitrogens is 1. The van der Waals surface area contributed by atoms with E-state index in [4.69, 9.17) is 5.73 Å². The molecule has 0 aliphatic rings. The molecular weight excluding hydrogens is 360 g/mol. The molecule has 0 spiro atoms. The number of benzene rings is 1. The molecule has 3 amide bonds. The molecule has 7 nitrogen and oxygen atoms in total. The summed E-state index contributed by atoms with van der Waals surface area (Å²) in [6, 6.07) is 8.67. The van der Waals surface area contributed by atoms with Gasteiger partial charge >= 0.3 is 6.03 Å². The zero-order valence-corrected chi connectivity index (χ0v) is 14.7. The van der Waals surface area contributed by atoms with Crippen molar-refractivity contribution in [2.24, 2.45) is 5.73 Å². The lowest BCUT2D eigenvalue weighted by Crippen LogP contribution is -2.39. The molecule has 4 N–H and O–H groups in total. The molecule has 0 aliphatic carbocycles. The van der Waals surface area contributed by atoms with Crippen molar-refractivity contribution in [1.82, 2.24) is 15.3 Å². The highest BCUT2D eigenvalue weighted by molar-refractivity contribution is 8.00. The van der Waals surface area contributed by atoms with Crippen LogP contribution in [0.1, 0.15) is 6.92 Å². The average Bonchev–Trinajstić information content (AvgIpc) is 2.99. The molecule has 0 bridgehead atoms. The van der Waals surface area contributed by atoms with Gasteiger partial charge in [-0.25, -0.2) is 9.78 Å². The fourth-order valence-electron chi connectivity index (χ4n) is 2.26. The number of hydrogen-bond donors (Lipinski definition) is 3. The lowest BCUT2D eigenvalue weighted by Gasteiger charge is -2.09. The number of aromatic nitrogens is 2. The lowest BCUT2D eigenvalue weighted by molar-refractivity contribution is -0.119. The minimum Gasteiger partial charge on any atom is -0.351 e. The number of carbonyl (C=O) groups excluding carboxylic acids is 2. The van der Waals surface area contributed by atoms with Crippen molar-refractivity contribution >= 4 is 45.3 Å². The molecule has 25 heavy (non-hydrogen) atoms. The Morgan fingerprint density at radius 3 is 2.72 bits per heavy atom. The number of imide groups is 1. The van der Waals surface area contributed by atoms with Gasteiger partial charge in [0, 0.05) is 10.9 Å². The summed E-state index contributed by atoms with van der Waals surface area (Å²) in [6.45, 7) is 1.59. The SMILES string of the molecule is C[C@H](Sc1nc2scc(-c3ccccc3)c2c(=O)[nH]1)C(=O)NC(N)=O. The molecule has 0 fully saturated rings. The molecule has 3 aromatic rings. The van der Waals surface area contributed by atoms with Crippen LogP contribution in [0.15, 0.2) is 45.7 Å². The number of thioether (sulfide) groups is 1. The number of thiophene rings is 1. The number of rotatable bonds is 4. The van der Waals surface area contributed by atoms with Crippen LogP contribution < -0.4 is 16.6 Å². The van der Waals surface area contributed by atoms with E-state index in [0.717, 1.165) is 22.9 Å². The van der Waals surface area contributed by atoms with E-state index in [0.29, 0.717) is 15.4 Å². The summed E-state index contributed by atoms with van der Waals surface area (Å²) >= 11 is 2.41. The standard InChI is InChI=1S/C16H14N4O3S2/c1-8(12(21)18-15(17)23)25-16-19-13(22)11-10(7-24-14(11)20-16)9-5-3-2-4-6-9/h2-8H,1H3,(H,19,20,22)(H3,17,18,21,23)/t8-/m0/s1. The van der Waals surface area contributed by atoms with Gasteiger partial charge in [-0.2, -0.15) is 0 Å². The van der Waals surface area contributed by atoms with Gasteiger partial charge in [0.1, 0.15) is 4.83 Å². The number of fused-ring (bicyclic) bond motifs is 1. The minimum atomic E-state index is -0.917. The maximum absolute atomic E-state index is 12.5. The van der Waals surface area contributed by atoms with Crippen molar-refractivity contribution < 1.29 is 9.59 Å². The van der Waals surface area contributed by atoms with Crippen LogP contribution in [0, 0.1) is 0 Å². The molecule has 0 saturated heterocycles. The highest BCUT2D eigenvalue weighted by Gasteiger charge is 2.19. The maximum atomic E-state index is 12.5. The van der Waals surface area contributed by atoms with Crippen LogP contribution in [-0.2, 0) is 4.79 Å². The first-order valence-corrected chi connectivity index (χ1v) is 9.05. The van der Waals surface area contributed by atoms with Gasteiger partial charge in [-0.05, 0) is 12.5 Å². The van der Waals surface area contributed by atoms with Gasteiger partial charge < -0.3 is 10.7 Å². The number of hydrogen-bond acceptors (Lipinski definition) is 6.